The second kappa shape index (κ2) is 9.65. The van der Waals surface area contributed by atoms with E-state index >= 15 is 0 Å². The molecule has 0 aromatic heterocycles. The lowest BCUT2D eigenvalue weighted by molar-refractivity contribution is -0.123. The van der Waals surface area contributed by atoms with Crippen LogP contribution in [0.3, 0.4) is 0 Å². The Morgan fingerprint density at radius 2 is 1.86 bits per heavy atom. The van der Waals surface area contributed by atoms with E-state index in [2.05, 4.69) is 5.32 Å². The second-order valence-corrected chi connectivity index (χ2v) is 6.64. The first-order valence-corrected chi connectivity index (χ1v) is 8.29. The monoisotopic (exact) mass is 318 g/mol. The van der Waals surface area contributed by atoms with Crippen LogP contribution in [-0.4, -0.2) is 32.2 Å². The molecule has 0 atom stereocenters. The molecule has 0 radical (unpaired) electrons. The first kappa shape index (κ1) is 18.7. The molecule has 1 amide bonds. The lowest BCUT2D eigenvalue weighted by Crippen LogP contribution is -2.39. The van der Waals surface area contributed by atoms with Crippen molar-refractivity contribution in [2.75, 3.05) is 26.3 Å². The van der Waals surface area contributed by atoms with Gasteiger partial charge in [0, 0.05) is 26.2 Å². The van der Waals surface area contributed by atoms with Gasteiger partial charge >= 0.3 is 0 Å². The molecule has 124 valence electrons. The minimum atomic E-state index is 0. The number of carbonyl (C=O) groups is 1. The van der Waals surface area contributed by atoms with Crippen molar-refractivity contribution in [3.05, 3.63) is 0 Å². The SMILES string of the molecule is Cl.NCC1(CC(=O)NCCC2CCOCC2)CCCCC1. The molecule has 1 aliphatic heterocycles. The minimum Gasteiger partial charge on any atom is -0.381 e. The number of carbonyl (C=O) groups excluding carboxylic acids is 1. The zero-order valence-electron chi connectivity index (χ0n) is 13.1. The van der Waals surface area contributed by atoms with Gasteiger partial charge in [-0.05, 0) is 50.0 Å². The molecule has 3 N–H and O–H groups in total. The molecule has 5 heteroatoms. The quantitative estimate of drug-likeness (QED) is 0.791. The van der Waals surface area contributed by atoms with Crippen LogP contribution >= 0.6 is 12.4 Å². The van der Waals surface area contributed by atoms with Gasteiger partial charge in [-0.2, -0.15) is 0 Å². The van der Waals surface area contributed by atoms with E-state index in [0.29, 0.717) is 13.0 Å². The Bertz CT molecular complexity index is 301. The lowest BCUT2D eigenvalue weighted by Gasteiger charge is -2.35. The highest BCUT2D eigenvalue weighted by Crippen LogP contribution is 2.38. The third kappa shape index (κ3) is 6.13. The number of hydrogen-bond acceptors (Lipinski definition) is 3. The number of rotatable bonds is 6. The predicted octanol–water partition coefficient (Wildman–Crippen LogP) is 2.64. The molecule has 0 spiro atoms. The van der Waals surface area contributed by atoms with E-state index in [9.17, 15) is 4.79 Å². The fourth-order valence-electron chi connectivity index (χ4n) is 3.61. The van der Waals surface area contributed by atoms with Crippen LogP contribution in [0.2, 0.25) is 0 Å². The van der Waals surface area contributed by atoms with Crippen molar-refractivity contribution in [1.82, 2.24) is 5.32 Å². The smallest absolute Gasteiger partial charge is 0.220 e. The van der Waals surface area contributed by atoms with Crippen molar-refractivity contribution in [3.63, 3.8) is 0 Å². The van der Waals surface area contributed by atoms with Gasteiger partial charge in [0.1, 0.15) is 0 Å². The second-order valence-electron chi connectivity index (χ2n) is 6.64. The van der Waals surface area contributed by atoms with Gasteiger partial charge in [0.05, 0.1) is 0 Å². The maximum atomic E-state index is 12.1. The van der Waals surface area contributed by atoms with Crippen molar-refractivity contribution in [2.45, 2.75) is 57.8 Å². The number of nitrogens with two attached hydrogens (primary N) is 1. The first-order valence-electron chi connectivity index (χ1n) is 8.29. The van der Waals surface area contributed by atoms with Gasteiger partial charge in [0.15, 0.2) is 0 Å². The Kier molecular flexibility index (Phi) is 8.60. The average Bonchev–Trinajstić information content (AvgIpc) is 2.49. The molecule has 2 rings (SSSR count). The van der Waals surface area contributed by atoms with Gasteiger partial charge in [-0.1, -0.05) is 19.3 Å². The van der Waals surface area contributed by atoms with Gasteiger partial charge < -0.3 is 15.8 Å². The van der Waals surface area contributed by atoms with Crippen molar-refractivity contribution < 1.29 is 9.53 Å². The number of amides is 1. The molecular formula is C16H31ClN2O2. The Morgan fingerprint density at radius 1 is 1.19 bits per heavy atom. The summed E-state index contributed by atoms with van der Waals surface area (Å²) in [5.74, 6) is 0.923. The van der Waals surface area contributed by atoms with Gasteiger partial charge in [0.2, 0.25) is 5.91 Å². The van der Waals surface area contributed by atoms with Crippen LogP contribution in [0.5, 0.6) is 0 Å². The molecule has 0 aromatic carbocycles. The Hall–Kier alpha value is -0.320. The molecule has 0 unspecified atom stereocenters. The Morgan fingerprint density at radius 3 is 2.48 bits per heavy atom. The van der Waals surface area contributed by atoms with Crippen molar-refractivity contribution in [3.8, 4) is 0 Å². The summed E-state index contributed by atoms with van der Waals surface area (Å²) >= 11 is 0. The average molecular weight is 319 g/mol. The van der Waals surface area contributed by atoms with Gasteiger partial charge in [-0.3, -0.25) is 4.79 Å². The summed E-state index contributed by atoms with van der Waals surface area (Å²) in [6.45, 7) is 3.23. The fraction of sp³-hybridized carbons (Fsp3) is 0.938. The minimum absolute atomic E-state index is 0. The highest BCUT2D eigenvalue weighted by molar-refractivity contribution is 5.85. The first-order chi connectivity index (χ1) is 9.74. The third-order valence-corrected chi connectivity index (χ3v) is 5.10. The Labute approximate surface area is 135 Å². The summed E-state index contributed by atoms with van der Waals surface area (Å²) in [6, 6.07) is 0. The van der Waals surface area contributed by atoms with E-state index < -0.39 is 0 Å². The highest BCUT2D eigenvalue weighted by Gasteiger charge is 2.32. The van der Waals surface area contributed by atoms with E-state index in [-0.39, 0.29) is 23.7 Å². The standard InChI is InChI=1S/C16H30N2O2.ClH/c17-13-16(7-2-1-3-8-16)12-15(19)18-9-4-14-5-10-20-11-6-14;/h14H,1-13,17H2,(H,18,19);1H. The van der Waals surface area contributed by atoms with E-state index in [4.69, 9.17) is 10.5 Å². The van der Waals surface area contributed by atoms with Crippen LogP contribution in [0.25, 0.3) is 0 Å². The molecule has 21 heavy (non-hydrogen) atoms. The van der Waals surface area contributed by atoms with E-state index in [1.807, 2.05) is 0 Å². The molecule has 2 aliphatic rings. The topological polar surface area (TPSA) is 64.4 Å². The zero-order valence-corrected chi connectivity index (χ0v) is 13.9. The summed E-state index contributed by atoms with van der Waals surface area (Å²) in [7, 11) is 0. The number of ether oxygens (including phenoxy) is 1. The zero-order chi connectivity index (χ0) is 14.3. The molecule has 1 saturated heterocycles. The number of halogens is 1. The molecule has 1 aliphatic carbocycles. The Balaban J connectivity index is 0.00000220. The molecule has 0 bridgehead atoms. The third-order valence-electron chi connectivity index (χ3n) is 5.10. The van der Waals surface area contributed by atoms with Crippen LogP contribution < -0.4 is 11.1 Å². The fourth-order valence-corrected chi connectivity index (χ4v) is 3.61. The van der Waals surface area contributed by atoms with Crippen LogP contribution in [0.15, 0.2) is 0 Å². The van der Waals surface area contributed by atoms with Crippen LogP contribution in [0.1, 0.15) is 57.8 Å². The molecule has 2 fully saturated rings. The molecule has 1 saturated carbocycles. The number of hydrogen-bond donors (Lipinski definition) is 2. The van der Waals surface area contributed by atoms with Crippen molar-refractivity contribution in [2.24, 2.45) is 17.1 Å². The maximum Gasteiger partial charge on any atom is 0.220 e. The largest absolute Gasteiger partial charge is 0.381 e. The van der Waals surface area contributed by atoms with E-state index in [1.165, 1.54) is 19.3 Å². The van der Waals surface area contributed by atoms with Crippen molar-refractivity contribution in [1.29, 1.82) is 0 Å². The summed E-state index contributed by atoms with van der Waals surface area (Å²) < 4.78 is 5.35. The van der Waals surface area contributed by atoms with E-state index in [1.54, 1.807) is 0 Å². The van der Waals surface area contributed by atoms with Crippen LogP contribution in [-0.2, 0) is 9.53 Å². The normalized spacial score (nSPS) is 22.3. The summed E-state index contributed by atoms with van der Waals surface area (Å²) in [5.41, 5.74) is 6.02. The van der Waals surface area contributed by atoms with Crippen molar-refractivity contribution >= 4 is 18.3 Å². The maximum absolute atomic E-state index is 12.1. The summed E-state index contributed by atoms with van der Waals surface area (Å²) in [4.78, 5) is 12.1. The highest BCUT2D eigenvalue weighted by atomic mass is 35.5. The molecule has 1 heterocycles. The molecular weight excluding hydrogens is 288 g/mol. The van der Waals surface area contributed by atoms with Gasteiger partial charge in [-0.15, -0.1) is 12.4 Å². The lowest BCUT2D eigenvalue weighted by atomic mass is 9.71. The van der Waals surface area contributed by atoms with Crippen LogP contribution in [0.4, 0.5) is 0 Å². The number of nitrogens with one attached hydrogen (secondary N) is 1. The van der Waals surface area contributed by atoms with Crippen LogP contribution in [0, 0.1) is 11.3 Å². The molecule has 4 nitrogen and oxygen atoms in total. The van der Waals surface area contributed by atoms with E-state index in [0.717, 1.165) is 57.8 Å². The summed E-state index contributed by atoms with van der Waals surface area (Å²) in [6.07, 6.45) is 9.99. The molecule has 0 aromatic rings. The summed E-state index contributed by atoms with van der Waals surface area (Å²) in [5, 5.41) is 3.10. The predicted molar refractivity (Wildman–Crippen MR) is 87.6 cm³/mol. The van der Waals surface area contributed by atoms with Gasteiger partial charge in [-0.25, -0.2) is 0 Å². The van der Waals surface area contributed by atoms with Gasteiger partial charge in [0.25, 0.3) is 0 Å².